The number of aromatic amines is 1. The quantitative estimate of drug-likeness (QED) is 0.696. The Kier molecular flexibility index (Phi) is 4.04. The van der Waals surface area contributed by atoms with E-state index in [9.17, 15) is 0 Å². The Morgan fingerprint density at radius 1 is 1.27 bits per heavy atom. The van der Waals surface area contributed by atoms with Crippen LogP contribution in [0.5, 0.6) is 0 Å². The van der Waals surface area contributed by atoms with Gasteiger partial charge in [-0.2, -0.15) is 5.21 Å². The van der Waals surface area contributed by atoms with Crippen LogP contribution in [0.3, 0.4) is 0 Å². The lowest BCUT2D eigenvalue weighted by Crippen LogP contribution is -2.29. The van der Waals surface area contributed by atoms with Crippen molar-refractivity contribution in [3.05, 3.63) is 5.82 Å². The van der Waals surface area contributed by atoms with E-state index < -0.39 is 0 Å². The summed E-state index contributed by atoms with van der Waals surface area (Å²) < 4.78 is 0. The van der Waals surface area contributed by atoms with Gasteiger partial charge in [0.15, 0.2) is 5.82 Å². The first-order valence-electron chi connectivity index (χ1n) is 5.60. The molecule has 0 spiro atoms. The van der Waals surface area contributed by atoms with Gasteiger partial charge in [0, 0.05) is 19.5 Å². The Morgan fingerprint density at radius 3 is 3.13 bits per heavy atom. The van der Waals surface area contributed by atoms with E-state index >= 15 is 0 Å². The molecule has 84 valence electrons. The average Bonchev–Trinajstić information content (AvgIpc) is 2.62. The van der Waals surface area contributed by atoms with E-state index in [1.54, 1.807) is 0 Å². The van der Waals surface area contributed by atoms with E-state index in [-0.39, 0.29) is 0 Å². The fourth-order valence-electron chi connectivity index (χ4n) is 1.87. The van der Waals surface area contributed by atoms with Crippen molar-refractivity contribution in [2.45, 2.75) is 19.3 Å². The van der Waals surface area contributed by atoms with Crippen LogP contribution in [0.25, 0.3) is 0 Å². The van der Waals surface area contributed by atoms with Crippen molar-refractivity contribution >= 4 is 0 Å². The van der Waals surface area contributed by atoms with Crippen LogP contribution in [0.15, 0.2) is 0 Å². The highest BCUT2D eigenvalue weighted by Crippen LogP contribution is 1.99. The second-order valence-corrected chi connectivity index (χ2v) is 3.88. The van der Waals surface area contributed by atoms with Crippen LogP contribution in [-0.2, 0) is 6.42 Å². The Morgan fingerprint density at radius 2 is 2.27 bits per heavy atom. The van der Waals surface area contributed by atoms with Crippen molar-refractivity contribution in [2.24, 2.45) is 0 Å². The molecule has 1 aliphatic rings. The number of H-pyrrole nitrogens is 1. The fourth-order valence-corrected chi connectivity index (χ4v) is 1.87. The highest BCUT2D eigenvalue weighted by atomic mass is 15.5. The molecular formula is C9H18N6. The van der Waals surface area contributed by atoms with E-state index in [1.807, 2.05) is 0 Å². The second kappa shape index (κ2) is 5.77. The molecule has 6 heteroatoms. The van der Waals surface area contributed by atoms with E-state index in [1.165, 1.54) is 13.0 Å². The number of hydrogen-bond donors (Lipinski definition) is 2. The monoisotopic (exact) mass is 210 g/mol. The van der Waals surface area contributed by atoms with E-state index in [4.69, 9.17) is 0 Å². The number of nitrogens with one attached hydrogen (secondary N) is 2. The molecule has 1 aliphatic heterocycles. The number of hydrogen-bond acceptors (Lipinski definition) is 5. The first-order valence-corrected chi connectivity index (χ1v) is 5.60. The van der Waals surface area contributed by atoms with Crippen LogP contribution in [0, 0.1) is 0 Å². The van der Waals surface area contributed by atoms with Gasteiger partial charge in [-0.25, -0.2) is 0 Å². The normalized spacial score (nSPS) is 18.9. The summed E-state index contributed by atoms with van der Waals surface area (Å²) in [5, 5.41) is 17.3. The van der Waals surface area contributed by atoms with Gasteiger partial charge in [-0.15, -0.1) is 10.2 Å². The molecule has 1 aromatic rings. The van der Waals surface area contributed by atoms with Crippen LogP contribution in [0.4, 0.5) is 0 Å². The lowest BCUT2D eigenvalue weighted by molar-refractivity contribution is 0.288. The van der Waals surface area contributed by atoms with Crippen molar-refractivity contribution in [3.63, 3.8) is 0 Å². The summed E-state index contributed by atoms with van der Waals surface area (Å²) in [6, 6.07) is 0. The smallest absolute Gasteiger partial charge is 0.174 e. The van der Waals surface area contributed by atoms with Gasteiger partial charge in [0.1, 0.15) is 0 Å². The molecule has 15 heavy (non-hydrogen) atoms. The number of aryl methyl sites for hydroxylation is 1. The predicted octanol–water partition coefficient (Wildman–Crippen LogP) is -0.572. The zero-order chi connectivity index (χ0) is 10.3. The summed E-state index contributed by atoms with van der Waals surface area (Å²) >= 11 is 0. The summed E-state index contributed by atoms with van der Waals surface area (Å²) in [6.45, 7) is 5.77. The Bertz CT molecular complexity index is 252. The van der Waals surface area contributed by atoms with Crippen molar-refractivity contribution < 1.29 is 0 Å². The maximum absolute atomic E-state index is 3.94. The predicted molar refractivity (Wildman–Crippen MR) is 56.4 cm³/mol. The molecule has 1 aromatic heterocycles. The molecule has 0 amide bonds. The summed E-state index contributed by atoms with van der Waals surface area (Å²) in [5.74, 6) is 0.822. The minimum absolute atomic E-state index is 0.822. The maximum Gasteiger partial charge on any atom is 0.174 e. The lowest BCUT2D eigenvalue weighted by Gasteiger charge is -2.18. The van der Waals surface area contributed by atoms with Gasteiger partial charge in [0.05, 0.1) is 0 Å². The van der Waals surface area contributed by atoms with Crippen molar-refractivity contribution in [2.75, 3.05) is 32.7 Å². The van der Waals surface area contributed by atoms with Crippen LogP contribution in [0.2, 0.25) is 0 Å². The van der Waals surface area contributed by atoms with Gasteiger partial charge in [-0.05, 0) is 32.5 Å². The molecule has 0 unspecified atom stereocenters. The zero-order valence-corrected chi connectivity index (χ0v) is 8.95. The molecule has 2 heterocycles. The summed E-state index contributed by atoms with van der Waals surface area (Å²) in [6.07, 6.45) is 3.28. The molecule has 2 N–H and O–H groups in total. The summed E-state index contributed by atoms with van der Waals surface area (Å²) in [5.41, 5.74) is 0. The molecule has 0 bridgehead atoms. The standard InChI is InChI=1S/C9H18N6/c1(3-9-11-13-14-12-9)6-15-7-2-4-10-5-8-15/h10H,1-8H2,(H,11,12,13,14). The van der Waals surface area contributed by atoms with Gasteiger partial charge < -0.3 is 10.2 Å². The number of tetrazole rings is 1. The minimum atomic E-state index is 0.822. The highest BCUT2D eigenvalue weighted by Gasteiger charge is 2.08. The first kappa shape index (κ1) is 10.5. The van der Waals surface area contributed by atoms with Crippen LogP contribution < -0.4 is 5.32 Å². The van der Waals surface area contributed by atoms with E-state index in [0.717, 1.165) is 44.8 Å². The van der Waals surface area contributed by atoms with Crippen molar-refractivity contribution in [1.82, 2.24) is 30.8 Å². The largest absolute Gasteiger partial charge is 0.315 e. The van der Waals surface area contributed by atoms with Gasteiger partial charge in [-0.1, -0.05) is 5.21 Å². The first-order chi connectivity index (χ1) is 7.45. The van der Waals surface area contributed by atoms with Crippen LogP contribution >= 0.6 is 0 Å². The second-order valence-electron chi connectivity index (χ2n) is 3.88. The molecule has 1 saturated heterocycles. The van der Waals surface area contributed by atoms with Gasteiger partial charge in [0.2, 0.25) is 0 Å². The molecule has 0 radical (unpaired) electrons. The zero-order valence-electron chi connectivity index (χ0n) is 8.95. The van der Waals surface area contributed by atoms with Crippen LogP contribution in [-0.4, -0.2) is 58.2 Å². The van der Waals surface area contributed by atoms with Crippen molar-refractivity contribution in [1.29, 1.82) is 0 Å². The third kappa shape index (κ3) is 3.56. The molecule has 0 aliphatic carbocycles. The number of nitrogens with zero attached hydrogens (tertiary/aromatic N) is 4. The third-order valence-corrected chi connectivity index (χ3v) is 2.70. The molecule has 0 atom stereocenters. The SMILES string of the molecule is C1CNCCN(CCCc2nn[nH]n2)C1. The van der Waals surface area contributed by atoms with Gasteiger partial charge in [-0.3, -0.25) is 0 Å². The number of aromatic nitrogens is 4. The number of rotatable bonds is 4. The lowest BCUT2D eigenvalue weighted by atomic mass is 10.2. The molecular weight excluding hydrogens is 192 g/mol. The van der Waals surface area contributed by atoms with Crippen LogP contribution in [0.1, 0.15) is 18.7 Å². The Hall–Kier alpha value is -1.01. The minimum Gasteiger partial charge on any atom is -0.315 e. The Balaban J connectivity index is 1.64. The van der Waals surface area contributed by atoms with Gasteiger partial charge >= 0.3 is 0 Å². The van der Waals surface area contributed by atoms with E-state index in [2.05, 4.69) is 30.8 Å². The highest BCUT2D eigenvalue weighted by molar-refractivity contribution is 4.76. The molecule has 0 aromatic carbocycles. The van der Waals surface area contributed by atoms with E-state index in [0.29, 0.717) is 0 Å². The molecule has 1 fully saturated rings. The van der Waals surface area contributed by atoms with Gasteiger partial charge in [0.25, 0.3) is 0 Å². The third-order valence-electron chi connectivity index (χ3n) is 2.70. The molecule has 0 saturated carbocycles. The molecule has 6 nitrogen and oxygen atoms in total. The summed E-state index contributed by atoms with van der Waals surface area (Å²) in [4.78, 5) is 2.50. The van der Waals surface area contributed by atoms with Crippen molar-refractivity contribution in [3.8, 4) is 0 Å². The topological polar surface area (TPSA) is 69.7 Å². The molecule has 2 rings (SSSR count). The fraction of sp³-hybridized carbons (Fsp3) is 0.889. The Labute approximate surface area is 89.4 Å². The summed E-state index contributed by atoms with van der Waals surface area (Å²) in [7, 11) is 0. The average molecular weight is 210 g/mol. The maximum atomic E-state index is 3.94.